The lowest BCUT2D eigenvalue weighted by atomic mass is 10.1. The summed E-state index contributed by atoms with van der Waals surface area (Å²) in [5.41, 5.74) is 1.27. The highest BCUT2D eigenvalue weighted by Crippen LogP contribution is 2.27. The molecule has 0 bridgehead atoms. The molecule has 0 aliphatic heterocycles. The number of hydrogen-bond acceptors (Lipinski definition) is 5. The molecule has 3 rings (SSSR count). The third-order valence-corrected chi connectivity index (χ3v) is 5.11. The molecule has 2 aromatic heterocycles. The van der Waals surface area contributed by atoms with Crippen LogP contribution in [0.2, 0.25) is 0 Å². The van der Waals surface area contributed by atoms with Crippen LogP contribution in [-0.2, 0) is 7.05 Å². The van der Waals surface area contributed by atoms with Gasteiger partial charge in [0, 0.05) is 7.05 Å². The summed E-state index contributed by atoms with van der Waals surface area (Å²) >= 11 is 1.18. The van der Waals surface area contributed by atoms with Gasteiger partial charge in [0.1, 0.15) is 4.83 Å². The highest BCUT2D eigenvalue weighted by molar-refractivity contribution is 7.20. The summed E-state index contributed by atoms with van der Waals surface area (Å²) in [7, 11) is 1.63. The van der Waals surface area contributed by atoms with Gasteiger partial charge in [-0.3, -0.25) is 9.59 Å². The van der Waals surface area contributed by atoms with E-state index in [-0.39, 0.29) is 18.1 Å². The zero-order valence-electron chi connectivity index (χ0n) is 13.3. The Morgan fingerprint density at radius 2 is 2.08 bits per heavy atom. The van der Waals surface area contributed by atoms with Crippen molar-refractivity contribution in [1.29, 1.82) is 0 Å². The minimum Gasteiger partial charge on any atom is -0.394 e. The molecule has 0 saturated carbocycles. The Morgan fingerprint density at radius 1 is 1.38 bits per heavy atom. The van der Waals surface area contributed by atoms with E-state index < -0.39 is 6.04 Å². The third kappa shape index (κ3) is 2.83. The van der Waals surface area contributed by atoms with E-state index in [0.717, 1.165) is 5.56 Å². The van der Waals surface area contributed by atoms with E-state index in [2.05, 4.69) is 10.3 Å². The number of amides is 1. The molecule has 3 aromatic rings. The molecule has 0 saturated heterocycles. The average Bonchev–Trinajstić information content (AvgIpc) is 2.94. The number of benzene rings is 1. The lowest BCUT2D eigenvalue weighted by Crippen LogP contribution is -2.30. The van der Waals surface area contributed by atoms with Crippen molar-refractivity contribution in [3.63, 3.8) is 0 Å². The summed E-state index contributed by atoms with van der Waals surface area (Å²) < 4.78 is 1.39. The lowest BCUT2D eigenvalue weighted by molar-refractivity contribution is 0.0920. The Bertz CT molecular complexity index is 947. The smallest absolute Gasteiger partial charge is 0.262 e. The van der Waals surface area contributed by atoms with Crippen LogP contribution in [0.1, 0.15) is 26.8 Å². The number of aliphatic hydroxyl groups excluding tert-OH is 1. The third-order valence-electron chi connectivity index (χ3n) is 3.91. The molecule has 6 nitrogen and oxygen atoms in total. The predicted molar refractivity (Wildman–Crippen MR) is 93.3 cm³/mol. The van der Waals surface area contributed by atoms with Gasteiger partial charge in [0.15, 0.2) is 0 Å². The summed E-state index contributed by atoms with van der Waals surface area (Å²) in [6, 6.07) is 8.76. The van der Waals surface area contributed by atoms with Crippen molar-refractivity contribution in [1.82, 2.24) is 14.9 Å². The molecule has 1 atom stereocenters. The molecule has 2 heterocycles. The van der Waals surface area contributed by atoms with Crippen LogP contribution in [0.15, 0.2) is 41.5 Å². The van der Waals surface area contributed by atoms with E-state index in [1.54, 1.807) is 14.0 Å². The molecule has 0 spiro atoms. The SMILES string of the molecule is Cc1c(C(=O)NC(CO)c2ccccc2)sc2ncn(C)c(=O)c12. The number of hydrogen-bond donors (Lipinski definition) is 2. The van der Waals surface area contributed by atoms with Crippen LogP contribution in [0.5, 0.6) is 0 Å². The van der Waals surface area contributed by atoms with Gasteiger partial charge in [-0.1, -0.05) is 30.3 Å². The van der Waals surface area contributed by atoms with E-state index in [1.165, 1.54) is 22.2 Å². The number of nitrogens with zero attached hydrogens (tertiary/aromatic N) is 2. The minimum absolute atomic E-state index is 0.172. The second-order valence-electron chi connectivity index (χ2n) is 5.52. The monoisotopic (exact) mass is 343 g/mol. The number of carbonyl (C=O) groups is 1. The Kier molecular flexibility index (Phi) is 4.46. The number of thiophene rings is 1. The summed E-state index contributed by atoms with van der Waals surface area (Å²) in [6.45, 7) is 1.53. The van der Waals surface area contributed by atoms with E-state index in [4.69, 9.17) is 0 Å². The Morgan fingerprint density at radius 3 is 2.75 bits per heavy atom. The number of aryl methyl sites for hydroxylation is 2. The zero-order valence-corrected chi connectivity index (χ0v) is 14.1. The maximum Gasteiger partial charge on any atom is 0.262 e. The molecule has 0 radical (unpaired) electrons. The van der Waals surface area contributed by atoms with Gasteiger partial charge < -0.3 is 15.0 Å². The van der Waals surface area contributed by atoms with E-state index >= 15 is 0 Å². The second kappa shape index (κ2) is 6.54. The van der Waals surface area contributed by atoms with Gasteiger partial charge in [-0.05, 0) is 18.1 Å². The fourth-order valence-corrected chi connectivity index (χ4v) is 3.61. The summed E-state index contributed by atoms with van der Waals surface area (Å²) in [5, 5.41) is 12.9. The first-order valence-corrected chi connectivity index (χ1v) is 8.26. The minimum atomic E-state index is -0.501. The Hall–Kier alpha value is -2.51. The first-order chi connectivity index (χ1) is 11.5. The molecular formula is C17H17N3O3S. The molecule has 2 N–H and O–H groups in total. The molecule has 1 amide bonds. The molecule has 1 unspecified atom stereocenters. The van der Waals surface area contributed by atoms with E-state index in [1.807, 2.05) is 30.3 Å². The summed E-state index contributed by atoms with van der Waals surface area (Å²) in [4.78, 5) is 30.1. The number of aromatic nitrogens is 2. The van der Waals surface area contributed by atoms with Crippen molar-refractivity contribution < 1.29 is 9.90 Å². The quantitative estimate of drug-likeness (QED) is 0.756. The fourth-order valence-electron chi connectivity index (χ4n) is 2.57. The van der Waals surface area contributed by atoms with E-state index in [9.17, 15) is 14.7 Å². The Balaban J connectivity index is 1.96. The van der Waals surface area contributed by atoms with Crippen molar-refractivity contribution >= 4 is 27.5 Å². The molecule has 124 valence electrons. The van der Waals surface area contributed by atoms with E-state index in [0.29, 0.717) is 20.7 Å². The molecule has 0 aliphatic rings. The van der Waals surface area contributed by atoms with Crippen LogP contribution in [0.4, 0.5) is 0 Å². The van der Waals surface area contributed by atoms with Crippen molar-refractivity contribution in [2.75, 3.05) is 6.61 Å². The number of fused-ring (bicyclic) bond motifs is 1. The van der Waals surface area contributed by atoms with Gasteiger partial charge in [-0.25, -0.2) is 4.98 Å². The van der Waals surface area contributed by atoms with Crippen LogP contribution >= 0.6 is 11.3 Å². The topological polar surface area (TPSA) is 84.2 Å². The van der Waals surface area contributed by atoms with Crippen LogP contribution in [0.3, 0.4) is 0 Å². The van der Waals surface area contributed by atoms with Crippen molar-refractivity contribution in [2.45, 2.75) is 13.0 Å². The Labute approximate surface area is 142 Å². The predicted octanol–water partition coefficient (Wildman–Crippen LogP) is 1.77. The maximum atomic E-state index is 12.6. The van der Waals surface area contributed by atoms with Crippen LogP contribution in [-0.4, -0.2) is 27.2 Å². The standard InChI is InChI=1S/C17H17N3O3S/c1-10-13-16(18-9-20(2)17(13)23)24-14(10)15(22)19-12(8-21)11-6-4-3-5-7-11/h3-7,9,12,21H,8H2,1-2H3,(H,19,22). The van der Waals surface area contributed by atoms with Crippen LogP contribution in [0, 0.1) is 6.92 Å². The van der Waals surface area contributed by atoms with Gasteiger partial charge in [0.25, 0.3) is 11.5 Å². The summed E-state index contributed by atoms with van der Waals surface area (Å²) in [5.74, 6) is -0.319. The normalized spacial score (nSPS) is 12.3. The zero-order chi connectivity index (χ0) is 17.3. The van der Waals surface area contributed by atoms with Crippen molar-refractivity contribution in [3.8, 4) is 0 Å². The lowest BCUT2D eigenvalue weighted by Gasteiger charge is -2.16. The molecule has 0 fully saturated rings. The van der Waals surface area contributed by atoms with Crippen molar-refractivity contribution in [3.05, 3.63) is 63.0 Å². The molecule has 24 heavy (non-hydrogen) atoms. The summed E-state index contributed by atoms with van der Waals surface area (Å²) in [6.07, 6.45) is 1.45. The maximum absolute atomic E-state index is 12.6. The van der Waals surface area contributed by atoms with Gasteiger partial charge in [-0.2, -0.15) is 0 Å². The van der Waals surface area contributed by atoms with Crippen molar-refractivity contribution in [2.24, 2.45) is 7.05 Å². The first-order valence-electron chi connectivity index (χ1n) is 7.44. The number of carbonyl (C=O) groups excluding carboxylic acids is 1. The van der Waals surface area contributed by atoms with Gasteiger partial charge in [-0.15, -0.1) is 11.3 Å². The second-order valence-corrected chi connectivity index (χ2v) is 6.52. The molecule has 7 heteroatoms. The molecule has 1 aromatic carbocycles. The molecular weight excluding hydrogens is 326 g/mol. The largest absolute Gasteiger partial charge is 0.394 e. The number of aliphatic hydroxyl groups is 1. The number of rotatable bonds is 4. The van der Waals surface area contributed by atoms with Crippen LogP contribution < -0.4 is 10.9 Å². The fraction of sp³-hybridized carbons (Fsp3) is 0.235. The van der Waals surface area contributed by atoms with Gasteiger partial charge in [0.05, 0.1) is 29.2 Å². The average molecular weight is 343 g/mol. The van der Waals surface area contributed by atoms with Gasteiger partial charge >= 0.3 is 0 Å². The molecule has 0 aliphatic carbocycles. The number of nitrogens with one attached hydrogen (secondary N) is 1. The van der Waals surface area contributed by atoms with Gasteiger partial charge in [0.2, 0.25) is 0 Å². The highest BCUT2D eigenvalue weighted by atomic mass is 32.1. The highest BCUT2D eigenvalue weighted by Gasteiger charge is 2.21. The van der Waals surface area contributed by atoms with Crippen LogP contribution in [0.25, 0.3) is 10.2 Å². The first kappa shape index (κ1) is 16.4.